The zero-order valence-electron chi connectivity index (χ0n) is 10.4. The molecule has 0 bridgehead atoms. The van der Waals surface area contributed by atoms with Gasteiger partial charge in [0.15, 0.2) is 0 Å². The van der Waals surface area contributed by atoms with E-state index in [4.69, 9.17) is 0 Å². The van der Waals surface area contributed by atoms with Crippen LogP contribution < -0.4 is 0 Å². The summed E-state index contributed by atoms with van der Waals surface area (Å²) < 4.78 is 0. The third-order valence-electron chi connectivity index (χ3n) is 2.86. The monoisotopic (exact) mass is 194 g/mol. The van der Waals surface area contributed by atoms with E-state index < -0.39 is 0 Å². The van der Waals surface area contributed by atoms with Crippen LogP contribution in [0.4, 0.5) is 0 Å². The molecule has 0 saturated carbocycles. The van der Waals surface area contributed by atoms with Crippen molar-refractivity contribution in [2.75, 3.05) is 0 Å². The first-order chi connectivity index (χ1) is 6.54. The number of hydrogen-bond acceptors (Lipinski definition) is 0. The lowest BCUT2D eigenvalue weighted by molar-refractivity contribution is 0.351. The summed E-state index contributed by atoms with van der Waals surface area (Å²) in [5.74, 6) is 0. The van der Waals surface area contributed by atoms with E-state index in [9.17, 15) is 0 Å². The Morgan fingerprint density at radius 1 is 1.29 bits per heavy atom. The highest BCUT2D eigenvalue weighted by Gasteiger charge is 2.17. The summed E-state index contributed by atoms with van der Waals surface area (Å²) in [6.45, 7) is 12.9. The van der Waals surface area contributed by atoms with Gasteiger partial charge >= 0.3 is 0 Å². The van der Waals surface area contributed by atoms with E-state index in [1.54, 1.807) is 0 Å². The third-order valence-corrected chi connectivity index (χ3v) is 2.86. The van der Waals surface area contributed by atoms with Gasteiger partial charge in [-0.05, 0) is 38.5 Å². The van der Waals surface area contributed by atoms with E-state index in [0.717, 1.165) is 0 Å². The van der Waals surface area contributed by atoms with Crippen molar-refractivity contribution in [1.29, 1.82) is 0 Å². The lowest BCUT2D eigenvalue weighted by Crippen LogP contribution is -2.12. The first-order valence-electron chi connectivity index (χ1n) is 5.81. The SMILES string of the molecule is C=CC(C)(CCC=C(C)C)CCCC. The highest BCUT2D eigenvalue weighted by Crippen LogP contribution is 2.31. The summed E-state index contributed by atoms with van der Waals surface area (Å²) in [5.41, 5.74) is 1.77. The van der Waals surface area contributed by atoms with E-state index in [1.165, 1.54) is 37.7 Å². The van der Waals surface area contributed by atoms with Gasteiger partial charge in [0.05, 0.1) is 0 Å². The van der Waals surface area contributed by atoms with Crippen molar-refractivity contribution in [3.05, 3.63) is 24.3 Å². The van der Waals surface area contributed by atoms with E-state index in [0.29, 0.717) is 5.41 Å². The third kappa shape index (κ3) is 6.01. The topological polar surface area (TPSA) is 0 Å². The molecule has 0 nitrogen and oxygen atoms in total. The highest BCUT2D eigenvalue weighted by molar-refractivity contribution is 4.97. The zero-order chi connectivity index (χ0) is 11.0. The maximum atomic E-state index is 3.96. The van der Waals surface area contributed by atoms with Gasteiger partial charge in [0.1, 0.15) is 0 Å². The Morgan fingerprint density at radius 2 is 1.93 bits per heavy atom. The molecule has 0 heteroatoms. The first-order valence-corrected chi connectivity index (χ1v) is 5.81. The molecule has 0 aliphatic carbocycles. The van der Waals surface area contributed by atoms with Crippen LogP contribution in [-0.4, -0.2) is 0 Å². The van der Waals surface area contributed by atoms with Crippen LogP contribution in [0.2, 0.25) is 0 Å². The van der Waals surface area contributed by atoms with Gasteiger partial charge in [0, 0.05) is 0 Å². The van der Waals surface area contributed by atoms with Crippen molar-refractivity contribution in [2.45, 2.75) is 59.8 Å². The van der Waals surface area contributed by atoms with E-state index in [1.807, 2.05) is 0 Å². The van der Waals surface area contributed by atoms with Crippen LogP contribution in [0.25, 0.3) is 0 Å². The van der Waals surface area contributed by atoms with Gasteiger partial charge < -0.3 is 0 Å². The molecule has 0 amide bonds. The minimum atomic E-state index is 0.349. The normalized spacial score (nSPS) is 14.6. The Hall–Kier alpha value is -0.520. The zero-order valence-corrected chi connectivity index (χ0v) is 10.4. The fourth-order valence-corrected chi connectivity index (χ4v) is 1.60. The molecule has 0 aromatic rings. The lowest BCUT2D eigenvalue weighted by atomic mass is 9.80. The van der Waals surface area contributed by atoms with Gasteiger partial charge in [0.2, 0.25) is 0 Å². The van der Waals surface area contributed by atoms with Crippen molar-refractivity contribution < 1.29 is 0 Å². The van der Waals surface area contributed by atoms with Gasteiger partial charge in [-0.1, -0.05) is 44.4 Å². The van der Waals surface area contributed by atoms with E-state index in [-0.39, 0.29) is 0 Å². The minimum Gasteiger partial charge on any atom is -0.103 e. The number of allylic oxidation sites excluding steroid dienone is 3. The van der Waals surface area contributed by atoms with Crippen molar-refractivity contribution in [2.24, 2.45) is 5.41 Å². The molecule has 0 heterocycles. The molecule has 0 radical (unpaired) electrons. The molecular weight excluding hydrogens is 168 g/mol. The lowest BCUT2D eigenvalue weighted by Gasteiger charge is -2.25. The van der Waals surface area contributed by atoms with Crippen LogP contribution in [0.3, 0.4) is 0 Å². The fourth-order valence-electron chi connectivity index (χ4n) is 1.60. The molecule has 0 N–H and O–H groups in total. The van der Waals surface area contributed by atoms with Crippen molar-refractivity contribution in [3.63, 3.8) is 0 Å². The molecule has 14 heavy (non-hydrogen) atoms. The molecule has 0 fully saturated rings. The Balaban J connectivity index is 3.98. The van der Waals surface area contributed by atoms with Crippen LogP contribution in [0.15, 0.2) is 24.3 Å². The van der Waals surface area contributed by atoms with E-state index >= 15 is 0 Å². The number of unbranched alkanes of at least 4 members (excludes halogenated alkanes) is 1. The number of hydrogen-bond donors (Lipinski definition) is 0. The maximum Gasteiger partial charge on any atom is -0.0146 e. The predicted molar refractivity (Wildman–Crippen MR) is 66.5 cm³/mol. The van der Waals surface area contributed by atoms with Crippen LogP contribution >= 0.6 is 0 Å². The Morgan fingerprint density at radius 3 is 2.36 bits per heavy atom. The molecule has 0 aromatic heterocycles. The predicted octanol–water partition coefficient (Wildman–Crippen LogP) is 5.12. The molecule has 0 rings (SSSR count). The Kier molecular flexibility index (Phi) is 6.61. The molecule has 0 saturated heterocycles. The second kappa shape index (κ2) is 6.86. The fraction of sp³-hybridized carbons (Fsp3) is 0.714. The summed E-state index contributed by atoms with van der Waals surface area (Å²) in [4.78, 5) is 0. The van der Waals surface area contributed by atoms with Gasteiger partial charge in [-0.15, -0.1) is 6.58 Å². The summed E-state index contributed by atoms with van der Waals surface area (Å²) >= 11 is 0. The smallest absolute Gasteiger partial charge is 0.0146 e. The van der Waals surface area contributed by atoms with Gasteiger partial charge in [-0.3, -0.25) is 0 Å². The molecule has 0 aliphatic rings. The molecule has 1 unspecified atom stereocenters. The Labute approximate surface area is 90.1 Å². The van der Waals surface area contributed by atoms with Gasteiger partial charge in [-0.25, -0.2) is 0 Å². The average molecular weight is 194 g/mol. The maximum absolute atomic E-state index is 3.96. The van der Waals surface area contributed by atoms with Crippen molar-refractivity contribution in [3.8, 4) is 0 Å². The number of rotatable bonds is 7. The van der Waals surface area contributed by atoms with Crippen molar-refractivity contribution in [1.82, 2.24) is 0 Å². The van der Waals surface area contributed by atoms with Crippen LogP contribution in [0, 0.1) is 5.41 Å². The molecule has 0 aliphatic heterocycles. The highest BCUT2D eigenvalue weighted by atomic mass is 14.2. The average Bonchev–Trinajstić information content (AvgIpc) is 2.14. The summed E-state index contributed by atoms with van der Waals surface area (Å²) in [6, 6.07) is 0. The summed E-state index contributed by atoms with van der Waals surface area (Å²) in [6.07, 6.45) is 10.8. The summed E-state index contributed by atoms with van der Waals surface area (Å²) in [7, 11) is 0. The quantitative estimate of drug-likeness (QED) is 0.494. The van der Waals surface area contributed by atoms with Crippen molar-refractivity contribution >= 4 is 0 Å². The largest absolute Gasteiger partial charge is 0.103 e. The van der Waals surface area contributed by atoms with Crippen LogP contribution in [0.1, 0.15) is 59.8 Å². The molecular formula is C14H26. The molecule has 0 aromatic carbocycles. The molecule has 82 valence electrons. The van der Waals surface area contributed by atoms with E-state index in [2.05, 4.69) is 46.4 Å². The second-order valence-electron chi connectivity index (χ2n) is 4.78. The standard InChI is InChI=1S/C14H26/c1-6-8-11-14(5,7-2)12-9-10-13(3)4/h7,10H,2,6,8-9,11-12H2,1,3-5H3. The van der Waals surface area contributed by atoms with Crippen LogP contribution in [-0.2, 0) is 0 Å². The molecule has 1 atom stereocenters. The van der Waals surface area contributed by atoms with Crippen LogP contribution in [0.5, 0.6) is 0 Å². The van der Waals surface area contributed by atoms with Gasteiger partial charge in [0.25, 0.3) is 0 Å². The molecule has 0 spiro atoms. The Bertz CT molecular complexity index is 184. The second-order valence-corrected chi connectivity index (χ2v) is 4.78. The minimum absolute atomic E-state index is 0.349. The van der Waals surface area contributed by atoms with Gasteiger partial charge in [-0.2, -0.15) is 0 Å². The first kappa shape index (κ1) is 13.5. The summed E-state index contributed by atoms with van der Waals surface area (Å²) in [5, 5.41) is 0.